The van der Waals surface area contributed by atoms with E-state index >= 15 is 0 Å². The minimum atomic E-state index is 0. The Kier molecular flexibility index (Phi) is 8.59. The van der Waals surface area contributed by atoms with Gasteiger partial charge in [0.25, 0.3) is 0 Å². The number of para-hydroxylation sites is 1. The molecule has 122 valence electrons. The molecule has 0 fully saturated rings. The lowest BCUT2D eigenvalue weighted by Gasteiger charge is -2.16. The summed E-state index contributed by atoms with van der Waals surface area (Å²) in [7, 11) is 0. The molecule has 0 amide bonds. The molecule has 0 radical (unpaired) electrons. The van der Waals surface area contributed by atoms with Crippen LogP contribution in [0.4, 0.5) is 0 Å². The quantitative estimate of drug-likeness (QED) is 0.591. The molecule has 0 aliphatic heterocycles. The summed E-state index contributed by atoms with van der Waals surface area (Å²) in [5.74, 6) is 1.47. The van der Waals surface area contributed by atoms with Crippen molar-refractivity contribution in [1.29, 1.82) is 5.26 Å². The number of benzene rings is 2. The van der Waals surface area contributed by atoms with Crippen LogP contribution in [0.1, 0.15) is 18.1 Å². The van der Waals surface area contributed by atoms with Gasteiger partial charge in [-0.05, 0) is 18.6 Å². The fraction of sp³-hybridized carbons (Fsp3) is 0.278. The first-order valence-corrected chi connectivity index (χ1v) is 7.34. The number of halogens is 1. The average Bonchev–Trinajstić information content (AvgIpc) is 2.55. The van der Waals surface area contributed by atoms with E-state index in [-0.39, 0.29) is 12.4 Å². The van der Waals surface area contributed by atoms with Gasteiger partial charge < -0.3 is 14.8 Å². The van der Waals surface area contributed by atoms with Crippen molar-refractivity contribution in [2.75, 3.05) is 13.2 Å². The molecule has 0 aliphatic rings. The average molecular weight is 333 g/mol. The van der Waals surface area contributed by atoms with Crippen LogP contribution in [0.15, 0.2) is 48.5 Å². The minimum absolute atomic E-state index is 0. The molecule has 0 spiro atoms. The predicted octanol–water partition coefficient (Wildman–Crippen LogP) is 3.70. The molecule has 5 heteroatoms. The van der Waals surface area contributed by atoms with Crippen LogP contribution in [-0.4, -0.2) is 13.2 Å². The number of hydrogen-bond acceptors (Lipinski definition) is 4. The Bertz CT molecular complexity index is 627. The Morgan fingerprint density at radius 2 is 1.83 bits per heavy atom. The van der Waals surface area contributed by atoms with Crippen molar-refractivity contribution in [3.8, 4) is 17.6 Å². The van der Waals surface area contributed by atoms with E-state index in [2.05, 4.69) is 11.4 Å². The first-order chi connectivity index (χ1) is 10.8. The maximum Gasteiger partial charge on any atom is 0.166 e. The molecule has 0 atom stereocenters. The molecular weight excluding hydrogens is 312 g/mol. The first-order valence-electron chi connectivity index (χ1n) is 7.34. The molecule has 0 unspecified atom stereocenters. The van der Waals surface area contributed by atoms with Gasteiger partial charge in [-0.3, -0.25) is 0 Å². The molecule has 0 aliphatic carbocycles. The van der Waals surface area contributed by atoms with Crippen LogP contribution in [0.5, 0.6) is 11.5 Å². The Balaban J connectivity index is 0.00000264. The number of nitrogens with one attached hydrogen (secondary N) is 1. The van der Waals surface area contributed by atoms with Gasteiger partial charge in [0.1, 0.15) is 6.61 Å². The van der Waals surface area contributed by atoms with E-state index in [0.717, 1.165) is 22.6 Å². The Morgan fingerprint density at radius 3 is 2.52 bits per heavy atom. The molecule has 0 aromatic heterocycles. The van der Waals surface area contributed by atoms with Crippen molar-refractivity contribution in [2.24, 2.45) is 0 Å². The third-order valence-electron chi connectivity index (χ3n) is 3.11. The lowest BCUT2D eigenvalue weighted by molar-refractivity contribution is 0.266. The SMILES string of the molecule is CCOc1cccc(CNCC#N)c1OCc1ccccc1.Cl. The normalized spacial score (nSPS) is 9.57. The highest BCUT2D eigenvalue weighted by molar-refractivity contribution is 5.85. The van der Waals surface area contributed by atoms with Gasteiger partial charge in [0.2, 0.25) is 0 Å². The zero-order chi connectivity index (χ0) is 15.6. The van der Waals surface area contributed by atoms with Crippen molar-refractivity contribution < 1.29 is 9.47 Å². The van der Waals surface area contributed by atoms with E-state index in [1.165, 1.54) is 0 Å². The number of ether oxygens (including phenoxy) is 2. The maximum absolute atomic E-state index is 8.64. The molecular formula is C18H21ClN2O2. The second kappa shape index (κ2) is 10.5. The van der Waals surface area contributed by atoms with Crippen LogP contribution >= 0.6 is 12.4 Å². The maximum atomic E-state index is 8.64. The standard InChI is InChI=1S/C18H20N2O2.ClH/c1-2-21-17-10-6-9-16(13-20-12-11-19)18(17)22-14-15-7-4-3-5-8-15;/h3-10,20H,2,12-14H2,1H3;1H. The molecule has 2 rings (SSSR count). The van der Waals surface area contributed by atoms with E-state index in [1.807, 2.05) is 55.5 Å². The number of rotatable bonds is 8. The highest BCUT2D eigenvalue weighted by atomic mass is 35.5. The molecule has 2 aromatic carbocycles. The monoisotopic (exact) mass is 332 g/mol. The summed E-state index contributed by atoms with van der Waals surface area (Å²) in [5, 5.41) is 11.7. The van der Waals surface area contributed by atoms with Crippen molar-refractivity contribution in [3.05, 3.63) is 59.7 Å². The van der Waals surface area contributed by atoms with Crippen LogP contribution in [0, 0.1) is 11.3 Å². The highest BCUT2D eigenvalue weighted by Crippen LogP contribution is 2.32. The zero-order valence-corrected chi connectivity index (χ0v) is 13.9. The van der Waals surface area contributed by atoms with Crippen LogP contribution in [-0.2, 0) is 13.2 Å². The lowest BCUT2D eigenvalue weighted by Crippen LogP contribution is -2.14. The molecule has 4 nitrogen and oxygen atoms in total. The third kappa shape index (κ3) is 5.82. The van der Waals surface area contributed by atoms with Gasteiger partial charge in [0.05, 0.1) is 19.2 Å². The summed E-state index contributed by atoms with van der Waals surface area (Å²) < 4.78 is 11.6. The van der Waals surface area contributed by atoms with Crippen molar-refractivity contribution in [1.82, 2.24) is 5.32 Å². The van der Waals surface area contributed by atoms with Crippen LogP contribution in [0.3, 0.4) is 0 Å². The fourth-order valence-corrected chi connectivity index (χ4v) is 2.12. The summed E-state index contributed by atoms with van der Waals surface area (Å²) in [5.41, 5.74) is 2.09. The van der Waals surface area contributed by atoms with Gasteiger partial charge in [0, 0.05) is 12.1 Å². The minimum Gasteiger partial charge on any atom is -0.490 e. The van der Waals surface area contributed by atoms with E-state index in [1.54, 1.807) is 0 Å². The molecule has 2 aromatic rings. The largest absolute Gasteiger partial charge is 0.490 e. The number of nitriles is 1. The molecule has 0 bridgehead atoms. The molecule has 0 saturated carbocycles. The smallest absolute Gasteiger partial charge is 0.166 e. The first kappa shape index (κ1) is 18.8. The van der Waals surface area contributed by atoms with Gasteiger partial charge >= 0.3 is 0 Å². The zero-order valence-electron chi connectivity index (χ0n) is 13.1. The third-order valence-corrected chi connectivity index (χ3v) is 3.11. The summed E-state index contributed by atoms with van der Waals surface area (Å²) in [4.78, 5) is 0. The number of nitrogens with zero attached hydrogens (tertiary/aromatic N) is 1. The summed E-state index contributed by atoms with van der Waals surface area (Å²) in [6, 6.07) is 17.9. The van der Waals surface area contributed by atoms with Gasteiger partial charge in [0.15, 0.2) is 11.5 Å². The van der Waals surface area contributed by atoms with Gasteiger partial charge in [-0.2, -0.15) is 5.26 Å². The Morgan fingerprint density at radius 1 is 1.04 bits per heavy atom. The van der Waals surface area contributed by atoms with Crippen LogP contribution < -0.4 is 14.8 Å². The summed E-state index contributed by atoms with van der Waals surface area (Å²) >= 11 is 0. The van der Waals surface area contributed by atoms with E-state index < -0.39 is 0 Å². The highest BCUT2D eigenvalue weighted by Gasteiger charge is 2.11. The van der Waals surface area contributed by atoms with Gasteiger partial charge in [-0.25, -0.2) is 0 Å². The predicted molar refractivity (Wildman–Crippen MR) is 93.0 cm³/mol. The lowest BCUT2D eigenvalue weighted by atomic mass is 10.1. The van der Waals surface area contributed by atoms with E-state index in [4.69, 9.17) is 14.7 Å². The summed E-state index contributed by atoms with van der Waals surface area (Å²) in [6.07, 6.45) is 0. The Hall–Kier alpha value is -2.22. The van der Waals surface area contributed by atoms with Crippen molar-refractivity contribution in [3.63, 3.8) is 0 Å². The van der Waals surface area contributed by atoms with Crippen LogP contribution in [0.25, 0.3) is 0 Å². The van der Waals surface area contributed by atoms with Gasteiger partial charge in [-0.1, -0.05) is 42.5 Å². The molecule has 0 saturated heterocycles. The van der Waals surface area contributed by atoms with E-state index in [9.17, 15) is 0 Å². The van der Waals surface area contributed by atoms with Crippen molar-refractivity contribution >= 4 is 12.4 Å². The molecule has 23 heavy (non-hydrogen) atoms. The molecule has 1 N–H and O–H groups in total. The van der Waals surface area contributed by atoms with E-state index in [0.29, 0.717) is 26.3 Å². The van der Waals surface area contributed by atoms with Crippen LogP contribution in [0.2, 0.25) is 0 Å². The number of hydrogen-bond donors (Lipinski definition) is 1. The second-order valence-electron chi connectivity index (χ2n) is 4.71. The topological polar surface area (TPSA) is 54.3 Å². The van der Waals surface area contributed by atoms with Crippen molar-refractivity contribution in [2.45, 2.75) is 20.1 Å². The fourth-order valence-electron chi connectivity index (χ4n) is 2.12. The van der Waals surface area contributed by atoms with Gasteiger partial charge in [-0.15, -0.1) is 12.4 Å². The second-order valence-corrected chi connectivity index (χ2v) is 4.71. The summed E-state index contributed by atoms with van der Waals surface area (Å²) in [6.45, 7) is 3.88. The Labute approximate surface area is 143 Å². The molecule has 0 heterocycles.